The zero-order chi connectivity index (χ0) is 9.68. The maximum Gasteiger partial charge on any atom is 0.0293 e. The molecule has 0 aromatic rings. The standard InChI is InChI=1S/C10H19BrN2/c1-3-12-10-4-6-13(7-5-10)8-9(2)11/h10,12H,2-8H2,1H3. The second kappa shape index (κ2) is 5.78. The van der Waals surface area contributed by atoms with Crippen LogP contribution in [0.25, 0.3) is 0 Å². The molecule has 1 aliphatic rings. The third-order valence-corrected chi connectivity index (χ3v) is 2.73. The Hall–Kier alpha value is 0.140. The molecule has 1 saturated heterocycles. The Labute approximate surface area is 89.5 Å². The average molecular weight is 247 g/mol. The molecule has 0 amide bonds. The highest BCUT2D eigenvalue weighted by Gasteiger charge is 2.17. The minimum atomic E-state index is 0.741. The van der Waals surface area contributed by atoms with Crippen molar-refractivity contribution in [2.45, 2.75) is 25.8 Å². The molecule has 76 valence electrons. The summed E-state index contributed by atoms with van der Waals surface area (Å²) in [6, 6.07) is 0.741. The molecule has 0 atom stereocenters. The van der Waals surface area contributed by atoms with Crippen LogP contribution in [0.1, 0.15) is 19.8 Å². The molecule has 0 bridgehead atoms. The van der Waals surface area contributed by atoms with Crippen LogP contribution in [0.5, 0.6) is 0 Å². The summed E-state index contributed by atoms with van der Waals surface area (Å²) in [5.74, 6) is 0. The van der Waals surface area contributed by atoms with E-state index in [-0.39, 0.29) is 0 Å². The van der Waals surface area contributed by atoms with E-state index in [0.29, 0.717) is 0 Å². The zero-order valence-electron chi connectivity index (χ0n) is 8.35. The topological polar surface area (TPSA) is 15.3 Å². The number of halogens is 1. The highest BCUT2D eigenvalue weighted by Crippen LogP contribution is 2.13. The van der Waals surface area contributed by atoms with Crippen molar-refractivity contribution < 1.29 is 0 Å². The first-order valence-electron chi connectivity index (χ1n) is 5.01. The number of likely N-dealkylation sites (tertiary alicyclic amines) is 1. The van der Waals surface area contributed by atoms with E-state index in [0.717, 1.165) is 23.6 Å². The third-order valence-electron chi connectivity index (χ3n) is 2.48. The van der Waals surface area contributed by atoms with Gasteiger partial charge in [-0.2, -0.15) is 0 Å². The van der Waals surface area contributed by atoms with Gasteiger partial charge in [-0.1, -0.05) is 29.4 Å². The van der Waals surface area contributed by atoms with Gasteiger partial charge < -0.3 is 5.32 Å². The van der Waals surface area contributed by atoms with Crippen LogP contribution in [0.2, 0.25) is 0 Å². The molecular weight excluding hydrogens is 228 g/mol. The minimum absolute atomic E-state index is 0.741. The van der Waals surface area contributed by atoms with E-state index in [1.54, 1.807) is 0 Å². The van der Waals surface area contributed by atoms with Crippen LogP contribution < -0.4 is 5.32 Å². The van der Waals surface area contributed by atoms with Gasteiger partial charge in [0.25, 0.3) is 0 Å². The third kappa shape index (κ3) is 4.25. The quantitative estimate of drug-likeness (QED) is 0.817. The maximum absolute atomic E-state index is 3.86. The largest absolute Gasteiger partial charge is 0.314 e. The molecular formula is C10H19BrN2. The molecule has 0 aromatic heterocycles. The fourth-order valence-corrected chi connectivity index (χ4v) is 2.18. The summed E-state index contributed by atoms with van der Waals surface area (Å²) in [5, 5.41) is 3.50. The molecule has 13 heavy (non-hydrogen) atoms. The Morgan fingerprint density at radius 1 is 1.54 bits per heavy atom. The van der Waals surface area contributed by atoms with Crippen LogP contribution in [0.4, 0.5) is 0 Å². The lowest BCUT2D eigenvalue weighted by molar-refractivity contribution is 0.216. The van der Waals surface area contributed by atoms with Gasteiger partial charge in [0.05, 0.1) is 0 Å². The molecule has 0 aromatic carbocycles. The van der Waals surface area contributed by atoms with Crippen LogP contribution in [0.3, 0.4) is 0 Å². The first-order valence-corrected chi connectivity index (χ1v) is 5.80. The van der Waals surface area contributed by atoms with E-state index >= 15 is 0 Å². The highest BCUT2D eigenvalue weighted by atomic mass is 79.9. The number of rotatable bonds is 4. The first-order chi connectivity index (χ1) is 6.22. The Morgan fingerprint density at radius 2 is 2.15 bits per heavy atom. The SMILES string of the molecule is C=C(Br)CN1CCC(NCC)CC1. The van der Waals surface area contributed by atoms with Gasteiger partial charge in [-0.15, -0.1) is 0 Å². The van der Waals surface area contributed by atoms with Crippen molar-refractivity contribution >= 4 is 15.9 Å². The van der Waals surface area contributed by atoms with Gasteiger partial charge in [-0.3, -0.25) is 4.90 Å². The fraction of sp³-hybridized carbons (Fsp3) is 0.800. The predicted molar refractivity (Wildman–Crippen MR) is 61.2 cm³/mol. The number of hydrogen-bond acceptors (Lipinski definition) is 2. The van der Waals surface area contributed by atoms with E-state index in [1.807, 2.05) is 0 Å². The molecule has 0 unspecified atom stereocenters. The molecule has 1 fully saturated rings. The maximum atomic E-state index is 3.86. The lowest BCUT2D eigenvalue weighted by atomic mass is 10.1. The van der Waals surface area contributed by atoms with E-state index in [4.69, 9.17) is 0 Å². The number of nitrogens with one attached hydrogen (secondary N) is 1. The summed E-state index contributed by atoms with van der Waals surface area (Å²) in [6.07, 6.45) is 2.54. The van der Waals surface area contributed by atoms with Crippen LogP contribution in [-0.4, -0.2) is 37.1 Å². The van der Waals surface area contributed by atoms with Crippen LogP contribution in [0, 0.1) is 0 Å². The van der Waals surface area contributed by atoms with Gasteiger partial charge in [-0.25, -0.2) is 0 Å². The number of piperidine rings is 1. The first kappa shape index (κ1) is 11.2. The fourth-order valence-electron chi connectivity index (χ4n) is 1.83. The average Bonchev–Trinajstić information content (AvgIpc) is 2.08. The summed E-state index contributed by atoms with van der Waals surface area (Å²) in [7, 11) is 0. The molecule has 0 saturated carbocycles. The van der Waals surface area contributed by atoms with Gasteiger partial charge in [0, 0.05) is 17.1 Å². The smallest absolute Gasteiger partial charge is 0.0293 e. The number of nitrogens with zero attached hydrogens (tertiary/aromatic N) is 1. The predicted octanol–water partition coefficient (Wildman–Crippen LogP) is 1.97. The van der Waals surface area contributed by atoms with Crippen molar-refractivity contribution in [3.63, 3.8) is 0 Å². The van der Waals surface area contributed by atoms with Gasteiger partial charge in [0.2, 0.25) is 0 Å². The second-order valence-corrected chi connectivity index (χ2v) is 4.75. The normalized spacial score (nSPS) is 20.5. The second-order valence-electron chi connectivity index (χ2n) is 3.63. The van der Waals surface area contributed by atoms with E-state index in [9.17, 15) is 0 Å². The van der Waals surface area contributed by atoms with Crippen molar-refractivity contribution in [3.8, 4) is 0 Å². The Kier molecular flexibility index (Phi) is 4.99. The van der Waals surface area contributed by atoms with Gasteiger partial charge in [0.1, 0.15) is 0 Å². The summed E-state index contributed by atoms with van der Waals surface area (Å²) in [4.78, 5) is 2.45. The van der Waals surface area contributed by atoms with E-state index < -0.39 is 0 Å². The van der Waals surface area contributed by atoms with Crippen molar-refractivity contribution in [2.75, 3.05) is 26.2 Å². The van der Waals surface area contributed by atoms with E-state index in [2.05, 4.69) is 39.6 Å². The van der Waals surface area contributed by atoms with Crippen molar-refractivity contribution in [1.82, 2.24) is 10.2 Å². The van der Waals surface area contributed by atoms with Gasteiger partial charge in [0.15, 0.2) is 0 Å². The minimum Gasteiger partial charge on any atom is -0.314 e. The Bertz CT molecular complexity index is 162. The molecule has 0 aliphatic carbocycles. The Morgan fingerprint density at radius 3 is 2.62 bits per heavy atom. The monoisotopic (exact) mass is 246 g/mol. The van der Waals surface area contributed by atoms with Crippen molar-refractivity contribution in [1.29, 1.82) is 0 Å². The molecule has 0 spiro atoms. The summed E-state index contributed by atoms with van der Waals surface area (Å²) in [5.41, 5.74) is 0. The summed E-state index contributed by atoms with van der Waals surface area (Å²) >= 11 is 3.40. The van der Waals surface area contributed by atoms with Crippen LogP contribution in [0.15, 0.2) is 11.1 Å². The molecule has 1 aliphatic heterocycles. The molecule has 1 heterocycles. The summed E-state index contributed by atoms with van der Waals surface area (Å²) < 4.78 is 1.09. The highest BCUT2D eigenvalue weighted by molar-refractivity contribution is 9.11. The molecule has 0 radical (unpaired) electrons. The van der Waals surface area contributed by atoms with E-state index in [1.165, 1.54) is 25.9 Å². The van der Waals surface area contributed by atoms with Crippen molar-refractivity contribution in [2.24, 2.45) is 0 Å². The number of hydrogen-bond donors (Lipinski definition) is 1. The zero-order valence-corrected chi connectivity index (χ0v) is 9.94. The summed E-state index contributed by atoms with van der Waals surface area (Å²) in [6.45, 7) is 10.5. The molecule has 1 N–H and O–H groups in total. The van der Waals surface area contributed by atoms with Crippen molar-refractivity contribution in [3.05, 3.63) is 11.1 Å². The van der Waals surface area contributed by atoms with Gasteiger partial charge in [-0.05, 0) is 32.5 Å². The molecule has 3 heteroatoms. The van der Waals surface area contributed by atoms with Crippen LogP contribution >= 0.6 is 15.9 Å². The molecule has 2 nitrogen and oxygen atoms in total. The Balaban J connectivity index is 2.18. The van der Waals surface area contributed by atoms with Gasteiger partial charge >= 0.3 is 0 Å². The molecule has 1 rings (SSSR count). The lowest BCUT2D eigenvalue weighted by Gasteiger charge is -2.32. The lowest BCUT2D eigenvalue weighted by Crippen LogP contribution is -2.42. The van der Waals surface area contributed by atoms with Crippen LogP contribution in [-0.2, 0) is 0 Å².